The minimum absolute atomic E-state index is 0.0778. The largest absolute Gasteiger partial charge is 0.380 e. The zero-order chi connectivity index (χ0) is 16.1. The fourth-order valence-corrected chi connectivity index (χ4v) is 3.81. The van der Waals surface area contributed by atoms with Crippen LogP contribution in [0, 0.1) is 0 Å². The number of aromatic nitrogens is 1. The summed E-state index contributed by atoms with van der Waals surface area (Å²) >= 11 is 0. The van der Waals surface area contributed by atoms with Crippen LogP contribution in [-0.2, 0) is 4.74 Å². The number of hydrogen-bond acceptors (Lipinski definition) is 6. The van der Waals surface area contributed by atoms with E-state index in [1.807, 2.05) is 18.1 Å². The summed E-state index contributed by atoms with van der Waals surface area (Å²) in [5.41, 5.74) is 2.25. The number of ether oxygens (including phenoxy) is 1. The molecular formula is C17H26N4O2. The molecule has 4 rings (SSSR count). The molecule has 1 aromatic heterocycles. The summed E-state index contributed by atoms with van der Waals surface area (Å²) in [5, 5.41) is 10.8. The van der Waals surface area contributed by atoms with Gasteiger partial charge >= 0.3 is 0 Å². The van der Waals surface area contributed by atoms with Gasteiger partial charge in [-0.3, -0.25) is 4.90 Å². The summed E-state index contributed by atoms with van der Waals surface area (Å²) in [6.07, 6.45) is 1.49. The highest BCUT2D eigenvalue weighted by Gasteiger charge is 2.41. The third kappa shape index (κ3) is 2.40. The van der Waals surface area contributed by atoms with E-state index in [2.05, 4.69) is 29.7 Å². The molecule has 4 heterocycles. The highest BCUT2D eigenvalue weighted by atomic mass is 16.5. The van der Waals surface area contributed by atoms with Gasteiger partial charge in [-0.15, -0.1) is 0 Å². The van der Waals surface area contributed by atoms with Gasteiger partial charge in [-0.25, -0.2) is 4.98 Å². The van der Waals surface area contributed by atoms with Gasteiger partial charge in [0.05, 0.1) is 24.9 Å². The number of rotatable bonds is 2. The number of pyridine rings is 1. The van der Waals surface area contributed by atoms with Crippen LogP contribution in [0.4, 0.5) is 11.5 Å². The molecule has 2 saturated heterocycles. The quantitative estimate of drug-likeness (QED) is 0.873. The van der Waals surface area contributed by atoms with E-state index in [-0.39, 0.29) is 6.04 Å². The molecule has 1 aromatic rings. The number of anilines is 2. The minimum atomic E-state index is -0.501. The minimum Gasteiger partial charge on any atom is -0.380 e. The fourth-order valence-electron chi connectivity index (χ4n) is 3.81. The maximum Gasteiger partial charge on any atom is 0.152 e. The fraction of sp³-hybridized carbons (Fsp3) is 0.706. The molecule has 0 spiro atoms. The molecular weight excluding hydrogens is 292 g/mol. The third-order valence-electron chi connectivity index (χ3n) is 5.55. The van der Waals surface area contributed by atoms with Crippen LogP contribution in [0.15, 0.2) is 12.3 Å². The van der Waals surface area contributed by atoms with Crippen molar-refractivity contribution in [3.8, 4) is 0 Å². The molecule has 6 nitrogen and oxygen atoms in total. The van der Waals surface area contributed by atoms with Crippen LogP contribution in [0.2, 0.25) is 0 Å². The summed E-state index contributed by atoms with van der Waals surface area (Å²) in [6, 6.07) is 2.77. The molecule has 1 unspecified atom stereocenters. The van der Waals surface area contributed by atoms with Crippen molar-refractivity contribution in [2.45, 2.75) is 38.1 Å². The van der Waals surface area contributed by atoms with Gasteiger partial charge in [0.25, 0.3) is 0 Å². The molecule has 1 N–H and O–H groups in total. The molecule has 0 amide bonds. The van der Waals surface area contributed by atoms with Gasteiger partial charge in [-0.2, -0.15) is 0 Å². The Balaban J connectivity index is 1.66. The van der Waals surface area contributed by atoms with Crippen molar-refractivity contribution >= 4 is 11.5 Å². The van der Waals surface area contributed by atoms with E-state index in [1.165, 1.54) is 5.56 Å². The number of hydrogen-bond donors (Lipinski definition) is 1. The van der Waals surface area contributed by atoms with Crippen molar-refractivity contribution in [1.29, 1.82) is 0 Å². The van der Waals surface area contributed by atoms with Crippen molar-refractivity contribution in [2.24, 2.45) is 0 Å². The topological polar surface area (TPSA) is 52.1 Å². The molecule has 0 aliphatic carbocycles. The molecule has 2 atom stereocenters. The van der Waals surface area contributed by atoms with E-state index in [4.69, 9.17) is 9.72 Å². The van der Waals surface area contributed by atoms with E-state index >= 15 is 0 Å². The van der Waals surface area contributed by atoms with Crippen LogP contribution >= 0.6 is 0 Å². The Labute approximate surface area is 137 Å². The molecule has 2 fully saturated rings. The lowest BCUT2D eigenvalue weighted by Crippen LogP contribution is -2.65. The second kappa shape index (κ2) is 5.61. The first-order valence-electron chi connectivity index (χ1n) is 8.55. The Morgan fingerprint density at radius 2 is 2.09 bits per heavy atom. The number of nitrogens with zero attached hydrogens (tertiary/aromatic N) is 4. The number of likely N-dealkylation sites (N-methyl/N-ethyl adjacent to an activating group) is 1. The average molecular weight is 318 g/mol. The van der Waals surface area contributed by atoms with Crippen LogP contribution in [0.1, 0.15) is 25.3 Å². The van der Waals surface area contributed by atoms with Crippen molar-refractivity contribution in [3.63, 3.8) is 0 Å². The van der Waals surface area contributed by atoms with Gasteiger partial charge in [-0.1, -0.05) is 0 Å². The number of fused-ring (bicyclic) bond motifs is 3. The van der Waals surface area contributed by atoms with Crippen LogP contribution < -0.4 is 9.80 Å². The molecule has 0 radical (unpaired) electrons. The maximum atomic E-state index is 10.8. The van der Waals surface area contributed by atoms with Gasteiger partial charge in [0.2, 0.25) is 0 Å². The Morgan fingerprint density at radius 1 is 1.30 bits per heavy atom. The molecule has 126 valence electrons. The zero-order valence-corrected chi connectivity index (χ0v) is 14.1. The Morgan fingerprint density at radius 3 is 2.74 bits per heavy atom. The van der Waals surface area contributed by atoms with E-state index in [0.717, 1.165) is 44.4 Å². The summed E-state index contributed by atoms with van der Waals surface area (Å²) in [7, 11) is 1.97. The van der Waals surface area contributed by atoms with Crippen LogP contribution in [0.25, 0.3) is 0 Å². The van der Waals surface area contributed by atoms with Crippen molar-refractivity contribution < 1.29 is 9.84 Å². The summed E-state index contributed by atoms with van der Waals surface area (Å²) in [4.78, 5) is 11.5. The second-order valence-corrected chi connectivity index (χ2v) is 7.22. The first kappa shape index (κ1) is 15.2. The summed E-state index contributed by atoms with van der Waals surface area (Å²) in [5.74, 6) is 1.46. The van der Waals surface area contributed by atoms with E-state index < -0.39 is 6.23 Å². The molecule has 0 saturated carbocycles. The van der Waals surface area contributed by atoms with Crippen LogP contribution in [0.5, 0.6) is 0 Å². The van der Waals surface area contributed by atoms with E-state index in [0.29, 0.717) is 12.0 Å². The van der Waals surface area contributed by atoms with Crippen LogP contribution in [-0.4, -0.2) is 73.2 Å². The lowest BCUT2D eigenvalue weighted by molar-refractivity contribution is 0.00826. The molecule has 0 aromatic carbocycles. The highest BCUT2D eigenvalue weighted by Crippen LogP contribution is 2.39. The Kier molecular flexibility index (Phi) is 3.70. The lowest BCUT2D eigenvalue weighted by Gasteiger charge is -2.51. The van der Waals surface area contributed by atoms with E-state index in [1.54, 1.807) is 0 Å². The zero-order valence-electron chi connectivity index (χ0n) is 14.1. The highest BCUT2D eigenvalue weighted by molar-refractivity contribution is 5.71. The average Bonchev–Trinajstić information content (AvgIpc) is 2.50. The summed E-state index contributed by atoms with van der Waals surface area (Å²) < 4.78 is 5.29. The van der Waals surface area contributed by atoms with Gasteiger partial charge in [-0.05, 0) is 25.5 Å². The molecule has 0 bridgehead atoms. The Bertz CT molecular complexity index is 590. The maximum absolute atomic E-state index is 10.8. The second-order valence-electron chi connectivity index (χ2n) is 7.22. The van der Waals surface area contributed by atoms with Crippen molar-refractivity contribution in [3.05, 3.63) is 17.8 Å². The first-order valence-corrected chi connectivity index (χ1v) is 8.55. The molecule has 3 aliphatic rings. The number of aliphatic hydroxyl groups is 1. The normalized spacial score (nSPS) is 28.6. The predicted octanol–water partition coefficient (Wildman–Crippen LogP) is 0.863. The van der Waals surface area contributed by atoms with Gasteiger partial charge in [0.15, 0.2) is 5.82 Å². The number of piperazine rings is 1. The summed E-state index contributed by atoms with van der Waals surface area (Å²) in [6.45, 7) is 8.80. The van der Waals surface area contributed by atoms with Crippen molar-refractivity contribution in [1.82, 2.24) is 9.88 Å². The molecule has 23 heavy (non-hydrogen) atoms. The smallest absolute Gasteiger partial charge is 0.152 e. The monoisotopic (exact) mass is 318 g/mol. The van der Waals surface area contributed by atoms with Crippen LogP contribution in [0.3, 0.4) is 0 Å². The molecule has 6 heteroatoms. The SMILES string of the molecule is CC(C)N1CCN2c3ncc(C4COC4)cc3N(C)C(O)[C@H]2C1. The van der Waals surface area contributed by atoms with Gasteiger partial charge in [0, 0.05) is 44.8 Å². The standard InChI is InChI=1S/C17H26N4O2/c1-11(2)20-4-5-21-15(8-20)17(22)19(3)14-6-12(7-18-16(14)21)13-9-23-10-13/h6-7,11,13,15,17,22H,4-5,8-10H2,1-3H3/t15-,17?/m1/s1. The van der Waals surface area contributed by atoms with Gasteiger partial charge < -0.3 is 19.6 Å². The van der Waals surface area contributed by atoms with E-state index in [9.17, 15) is 5.11 Å². The molecule has 3 aliphatic heterocycles. The lowest BCUT2D eigenvalue weighted by atomic mass is 9.97. The Hall–Kier alpha value is -1.37. The third-order valence-corrected chi connectivity index (χ3v) is 5.55. The van der Waals surface area contributed by atoms with Gasteiger partial charge in [0.1, 0.15) is 6.23 Å². The number of aliphatic hydroxyl groups excluding tert-OH is 1. The van der Waals surface area contributed by atoms with Crippen molar-refractivity contribution in [2.75, 3.05) is 49.7 Å². The predicted molar refractivity (Wildman–Crippen MR) is 90.0 cm³/mol. The first-order chi connectivity index (χ1) is 11.1.